The summed E-state index contributed by atoms with van der Waals surface area (Å²) in [7, 11) is 0. The van der Waals surface area contributed by atoms with Crippen LogP contribution in [-0.4, -0.2) is 17.4 Å². The Balaban J connectivity index is 2.31. The first kappa shape index (κ1) is 12.1. The molecule has 0 radical (unpaired) electrons. The number of hydrogen-bond acceptors (Lipinski definition) is 3. The molecule has 2 rings (SSSR count). The van der Waals surface area contributed by atoms with E-state index in [4.69, 9.17) is 4.42 Å². The van der Waals surface area contributed by atoms with Crippen LogP contribution < -0.4 is 4.90 Å². The summed E-state index contributed by atoms with van der Waals surface area (Å²) in [4.78, 5) is 17.9. The zero-order valence-electron chi connectivity index (χ0n) is 10.2. The first-order chi connectivity index (χ1) is 8.72. The van der Waals surface area contributed by atoms with Crippen molar-refractivity contribution >= 4 is 11.9 Å². The Morgan fingerprint density at radius 3 is 2.72 bits per heavy atom. The molecule has 18 heavy (non-hydrogen) atoms. The van der Waals surface area contributed by atoms with E-state index in [2.05, 4.69) is 11.6 Å². The highest BCUT2D eigenvalue weighted by Gasteiger charge is 2.20. The minimum Gasteiger partial charge on any atom is -0.431 e. The number of amides is 1. The summed E-state index contributed by atoms with van der Waals surface area (Å²) in [6, 6.07) is 9.31. The molecule has 0 aliphatic rings. The van der Waals surface area contributed by atoms with Gasteiger partial charge in [0.05, 0.1) is 5.69 Å². The lowest BCUT2D eigenvalue weighted by molar-refractivity contribution is 0.0984. The zero-order chi connectivity index (χ0) is 13.0. The van der Waals surface area contributed by atoms with Crippen LogP contribution in [-0.2, 0) is 0 Å². The molecule has 0 saturated carbocycles. The van der Waals surface area contributed by atoms with Crippen LogP contribution in [0.3, 0.4) is 0 Å². The van der Waals surface area contributed by atoms with E-state index < -0.39 is 0 Å². The largest absolute Gasteiger partial charge is 0.431 e. The summed E-state index contributed by atoms with van der Waals surface area (Å²) in [5.41, 5.74) is 1.33. The van der Waals surface area contributed by atoms with E-state index in [9.17, 15) is 4.79 Å². The molecule has 1 amide bonds. The van der Waals surface area contributed by atoms with Gasteiger partial charge in [-0.25, -0.2) is 0 Å². The minimum atomic E-state index is -0.155. The molecule has 0 fully saturated rings. The van der Waals surface area contributed by atoms with E-state index in [0.29, 0.717) is 18.1 Å². The number of nitrogens with zero attached hydrogens (tertiary/aromatic N) is 2. The number of anilines is 1. The van der Waals surface area contributed by atoms with E-state index in [1.165, 1.54) is 11.2 Å². The molecule has 4 heteroatoms. The van der Waals surface area contributed by atoms with Crippen LogP contribution >= 0.6 is 0 Å². The van der Waals surface area contributed by atoms with E-state index in [1.807, 2.05) is 25.1 Å². The van der Waals surface area contributed by atoms with E-state index in [-0.39, 0.29) is 5.91 Å². The smallest absolute Gasteiger partial charge is 0.304 e. The monoisotopic (exact) mass is 242 g/mol. The molecular formula is C14H14N2O2. The van der Waals surface area contributed by atoms with Crippen molar-refractivity contribution in [3.8, 4) is 0 Å². The average Bonchev–Trinajstić information content (AvgIpc) is 2.82. The summed E-state index contributed by atoms with van der Waals surface area (Å²) in [6.45, 7) is 5.81. The van der Waals surface area contributed by atoms with Crippen LogP contribution in [0, 0.1) is 6.92 Å². The molecule has 0 N–H and O–H groups in total. The first-order valence-electron chi connectivity index (χ1n) is 5.62. The number of hydrogen-bond donors (Lipinski definition) is 0. The van der Waals surface area contributed by atoms with Crippen molar-refractivity contribution in [1.82, 2.24) is 4.98 Å². The lowest BCUT2D eigenvalue weighted by Gasteiger charge is -2.16. The molecule has 0 saturated heterocycles. The Hall–Kier alpha value is -2.36. The molecule has 0 spiro atoms. The van der Waals surface area contributed by atoms with Crippen molar-refractivity contribution < 1.29 is 9.21 Å². The lowest BCUT2D eigenvalue weighted by Crippen LogP contribution is -2.31. The summed E-state index contributed by atoms with van der Waals surface area (Å²) < 4.78 is 5.27. The van der Waals surface area contributed by atoms with Gasteiger partial charge < -0.3 is 4.42 Å². The highest BCUT2D eigenvalue weighted by Crippen LogP contribution is 2.16. The van der Waals surface area contributed by atoms with Crippen molar-refractivity contribution in [2.45, 2.75) is 6.92 Å². The molecule has 0 atom stereocenters. The molecule has 0 bridgehead atoms. The Bertz CT molecular complexity index is 546. The maximum absolute atomic E-state index is 12.3. The number of carbonyl (C=O) groups is 1. The highest BCUT2D eigenvalue weighted by molar-refractivity contribution is 6.05. The predicted molar refractivity (Wildman–Crippen MR) is 69.6 cm³/mol. The molecule has 4 nitrogen and oxygen atoms in total. The fraction of sp³-hybridized carbons (Fsp3) is 0.143. The van der Waals surface area contributed by atoms with Gasteiger partial charge in [-0.05, 0) is 19.1 Å². The maximum Gasteiger partial charge on any atom is 0.304 e. The quantitative estimate of drug-likeness (QED) is 0.774. The number of benzene rings is 1. The Morgan fingerprint density at radius 2 is 2.17 bits per heavy atom. The van der Waals surface area contributed by atoms with Gasteiger partial charge in [-0.3, -0.25) is 9.69 Å². The van der Waals surface area contributed by atoms with Gasteiger partial charge in [0.15, 0.2) is 0 Å². The molecule has 2 aromatic rings. The zero-order valence-corrected chi connectivity index (χ0v) is 10.2. The van der Waals surface area contributed by atoms with Crippen molar-refractivity contribution in [2.75, 3.05) is 11.4 Å². The maximum atomic E-state index is 12.3. The third-order valence-electron chi connectivity index (χ3n) is 2.42. The van der Waals surface area contributed by atoms with Crippen molar-refractivity contribution in [3.05, 3.63) is 60.5 Å². The third kappa shape index (κ3) is 2.48. The Morgan fingerprint density at radius 1 is 1.44 bits per heavy atom. The molecule has 1 aromatic carbocycles. The van der Waals surface area contributed by atoms with Crippen molar-refractivity contribution in [2.24, 2.45) is 0 Å². The van der Waals surface area contributed by atoms with E-state index in [1.54, 1.807) is 18.2 Å². The van der Waals surface area contributed by atoms with E-state index >= 15 is 0 Å². The number of aryl methyl sites for hydroxylation is 1. The normalized spacial score (nSPS) is 10.1. The number of carbonyl (C=O) groups excluding carboxylic acids is 1. The summed E-state index contributed by atoms with van der Waals surface area (Å²) in [5, 5.41) is 0. The average molecular weight is 242 g/mol. The van der Waals surface area contributed by atoms with Crippen LogP contribution in [0.1, 0.15) is 16.1 Å². The number of oxazole rings is 1. The van der Waals surface area contributed by atoms with Crippen molar-refractivity contribution in [1.29, 1.82) is 0 Å². The van der Waals surface area contributed by atoms with Gasteiger partial charge in [0.2, 0.25) is 0 Å². The predicted octanol–water partition coefficient (Wildman–Crippen LogP) is 2.82. The van der Waals surface area contributed by atoms with Crippen LogP contribution in [0.25, 0.3) is 0 Å². The summed E-state index contributed by atoms with van der Waals surface area (Å²) in [5.74, 6) is -0.155. The second-order valence-corrected chi connectivity index (χ2v) is 3.84. The molecule has 0 aliphatic carbocycles. The van der Waals surface area contributed by atoms with Gasteiger partial charge in [0, 0.05) is 12.1 Å². The second kappa shape index (κ2) is 5.31. The van der Waals surface area contributed by atoms with Gasteiger partial charge in [0.1, 0.15) is 6.26 Å². The van der Waals surface area contributed by atoms with Gasteiger partial charge in [-0.15, -0.1) is 6.58 Å². The molecule has 1 heterocycles. The fourth-order valence-corrected chi connectivity index (χ4v) is 1.58. The number of aromatic nitrogens is 1. The molecule has 0 aliphatic heterocycles. The summed E-state index contributed by atoms with van der Waals surface area (Å²) in [6.07, 6.45) is 3.16. The SMILES string of the molecule is C=CCN(C(=O)c1ccccc1)c1nc(C)co1. The van der Waals surface area contributed by atoms with Crippen LogP contribution in [0.15, 0.2) is 53.7 Å². The molecular weight excluding hydrogens is 228 g/mol. The number of rotatable bonds is 4. The standard InChI is InChI=1S/C14H14N2O2/c1-3-9-16(14-15-11(2)10-18-14)13(17)12-7-5-4-6-8-12/h3-8,10H,1,9H2,2H3. The van der Waals surface area contributed by atoms with Crippen LogP contribution in [0.5, 0.6) is 0 Å². The van der Waals surface area contributed by atoms with Gasteiger partial charge in [0.25, 0.3) is 5.91 Å². The molecule has 92 valence electrons. The fourth-order valence-electron chi connectivity index (χ4n) is 1.58. The summed E-state index contributed by atoms with van der Waals surface area (Å²) >= 11 is 0. The molecule has 0 unspecified atom stereocenters. The topological polar surface area (TPSA) is 46.3 Å². The van der Waals surface area contributed by atoms with Crippen molar-refractivity contribution in [3.63, 3.8) is 0 Å². The van der Waals surface area contributed by atoms with Gasteiger partial charge >= 0.3 is 6.01 Å². The lowest BCUT2D eigenvalue weighted by atomic mass is 10.2. The Kier molecular flexibility index (Phi) is 3.57. The second-order valence-electron chi connectivity index (χ2n) is 3.84. The minimum absolute atomic E-state index is 0.155. The van der Waals surface area contributed by atoms with Gasteiger partial charge in [-0.2, -0.15) is 4.98 Å². The van der Waals surface area contributed by atoms with Crippen LogP contribution in [0.2, 0.25) is 0 Å². The third-order valence-corrected chi connectivity index (χ3v) is 2.42. The van der Waals surface area contributed by atoms with Crippen LogP contribution in [0.4, 0.5) is 6.01 Å². The van der Waals surface area contributed by atoms with E-state index in [0.717, 1.165) is 5.69 Å². The Labute approximate surface area is 106 Å². The molecule has 1 aromatic heterocycles. The highest BCUT2D eigenvalue weighted by atomic mass is 16.4. The van der Waals surface area contributed by atoms with Gasteiger partial charge in [-0.1, -0.05) is 24.3 Å². The first-order valence-corrected chi connectivity index (χ1v) is 5.62.